The topological polar surface area (TPSA) is 57.7 Å². The number of rotatable bonds is 4. The van der Waals surface area contributed by atoms with E-state index in [-0.39, 0.29) is 24.9 Å². The van der Waals surface area contributed by atoms with Crippen LogP contribution >= 0.6 is 23.2 Å². The molecule has 0 spiro atoms. The zero-order chi connectivity index (χ0) is 21.5. The van der Waals surface area contributed by atoms with E-state index in [2.05, 4.69) is 0 Å². The van der Waals surface area contributed by atoms with Crippen molar-refractivity contribution in [2.24, 2.45) is 0 Å². The number of benzene rings is 2. The van der Waals surface area contributed by atoms with Crippen LogP contribution in [0.5, 0.6) is 0 Å². The largest absolute Gasteiger partial charge is 0.331 e. The number of amides is 1. The number of hydrogen-bond acceptors (Lipinski definition) is 3. The number of carbonyl (C=O) groups is 1. The molecule has 2 aromatic rings. The fourth-order valence-electron chi connectivity index (χ4n) is 4.36. The molecule has 8 heteroatoms. The van der Waals surface area contributed by atoms with Gasteiger partial charge in [-0.3, -0.25) is 4.79 Å². The second-order valence-electron chi connectivity index (χ2n) is 7.86. The summed E-state index contributed by atoms with van der Waals surface area (Å²) in [5.74, 6) is -0.130. The SMILES string of the molecule is C[C@H]1c2cccc(S(=O)(=O)N3CCCCC3)c2CN1C(=O)Cc1c(Cl)cccc1Cl. The van der Waals surface area contributed by atoms with E-state index in [0.717, 1.165) is 24.8 Å². The van der Waals surface area contributed by atoms with Crippen molar-refractivity contribution in [2.45, 2.75) is 50.1 Å². The van der Waals surface area contributed by atoms with Crippen LogP contribution in [-0.4, -0.2) is 36.6 Å². The summed E-state index contributed by atoms with van der Waals surface area (Å²) in [7, 11) is -3.58. The predicted octanol–water partition coefficient (Wildman–Crippen LogP) is 4.81. The average Bonchev–Trinajstić information content (AvgIpc) is 3.08. The first-order valence-corrected chi connectivity index (χ1v) is 12.3. The van der Waals surface area contributed by atoms with Gasteiger partial charge in [-0.25, -0.2) is 8.42 Å². The molecule has 0 aromatic heterocycles. The Bertz CT molecular complexity index is 1060. The standard InChI is InChI=1S/C22H24Cl2N2O3S/c1-15-16-7-5-10-21(30(28,29)25-11-3-2-4-12-25)18(16)14-26(15)22(27)13-17-19(23)8-6-9-20(17)24/h5-10,15H,2-4,11-14H2,1H3/t15-/m0/s1. The molecule has 2 aliphatic rings. The Morgan fingerprint density at radius 2 is 1.67 bits per heavy atom. The highest BCUT2D eigenvalue weighted by molar-refractivity contribution is 7.89. The van der Waals surface area contributed by atoms with E-state index in [1.54, 1.807) is 39.5 Å². The van der Waals surface area contributed by atoms with E-state index in [9.17, 15) is 13.2 Å². The summed E-state index contributed by atoms with van der Waals surface area (Å²) < 4.78 is 28.2. The monoisotopic (exact) mass is 466 g/mol. The molecule has 1 fully saturated rings. The summed E-state index contributed by atoms with van der Waals surface area (Å²) >= 11 is 12.5. The predicted molar refractivity (Wildman–Crippen MR) is 118 cm³/mol. The minimum atomic E-state index is -3.58. The zero-order valence-corrected chi connectivity index (χ0v) is 19.1. The van der Waals surface area contributed by atoms with Crippen LogP contribution in [0.25, 0.3) is 0 Å². The van der Waals surface area contributed by atoms with Crippen LogP contribution in [0.4, 0.5) is 0 Å². The lowest BCUT2D eigenvalue weighted by Gasteiger charge is -2.26. The van der Waals surface area contributed by atoms with E-state index in [0.29, 0.717) is 39.2 Å². The summed E-state index contributed by atoms with van der Waals surface area (Å²) in [4.78, 5) is 15.1. The second-order valence-corrected chi connectivity index (χ2v) is 10.6. The maximum Gasteiger partial charge on any atom is 0.243 e. The molecule has 4 rings (SSSR count). The molecule has 2 heterocycles. The first-order chi connectivity index (χ1) is 14.3. The third kappa shape index (κ3) is 3.86. The van der Waals surface area contributed by atoms with E-state index in [4.69, 9.17) is 23.2 Å². The van der Waals surface area contributed by atoms with Crippen molar-refractivity contribution in [3.63, 3.8) is 0 Å². The third-order valence-electron chi connectivity index (χ3n) is 6.06. The lowest BCUT2D eigenvalue weighted by atomic mass is 10.1. The van der Waals surface area contributed by atoms with Gasteiger partial charge in [-0.15, -0.1) is 0 Å². The van der Waals surface area contributed by atoms with Crippen LogP contribution in [-0.2, 0) is 27.8 Å². The molecule has 1 atom stereocenters. The Hall–Kier alpha value is -1.60. The number of nitrogens with zero attached hydrogens (tertiary/aromatic N) is 2. The average molecular weight is 467 g/mol. The van der Waals surface area contributed by atoms with Crippen molar-refractivity contribution in [3.05, 3.63) is 63.1 Å². The first-order valence-electron chi connectivity index (χ1n) is 10.1. The minimum Gasteiger partial charge on any atom is -0.331 e. The Balaban J connectivity index is 1.62. The third-order valence-corrected chi connectivity index (χ3v) is 8.75. The molecular formula is C22H24Cl2N2O3S. The molecule has 0 unspecified atom stereocenters. The van der Waals surface area contributed by atoms with Gasteiger partial charge in [0.2, 0.25) is 15.9 Å². The normalized spacial score (nSPS) is 19.7. The zero-order valence-electron chi connectivity index (χ0n) is 16.8. The molecule has 30 heavy (non-hydrogen) atoms. The molecule has 0 bridgehead atoms. The Morgan fingerprint density at radius 1 is 1.03 bits per heavy atom. The number of sulfonamides is 1. The van der Waals surface area contributed by atoms with Crippen LogP contribution in [0.2, 0.25) is 10.0 Å². The maximum atomic E-state index is 13.3. The lowest BCUT2D eigenvalue weighted by Crippen LogP contribution is -2.36. The summed E-state index contributed by atoms with van der Waals surface area (Å²) in [6.07, 6.45) is 2.90. The fourth-order valence-corrected chi connectivity index (χ4v) is 6.66. The molecule has 2 aromatic carbocycles. The van der Waals surface area contributed by atoms with Gasteiger partial charge in [-0.2, -0.15) is 4.31 Å². The van der Waals surface area contributed by atoms with Crippen molar-refractivity contribution in [1.82, 2.24) is 9.21 Å². The first kappa shape index (κ1) is 21.6. The number of fused-ring (bicyclic) bond motifs is 1. The highest BCUT2D eigenvalue weighted by Gasteiger charge is 2.36. The molecule has 5 nitrogen and oxygen atoms in total. The van der Waals surface area contributed by atoms with E-state index in [1.165, 1.54) is 0 Å². The van der Waals surface area contributed by atoms with Gasteiger partial charge >= 0.3 is 0 Å². The number of halogens is 2. The maximum absolute atomic E-state index is 13.3. The molecule has 160 valence electrons. The van der Waals surface area contributed by atoms with E-state index >= 15 is 0 Å². The van der Waals surface area contributed by atoms with E-state index in [1.807, 2.05) is 13.0 Å². The summed E-state index contributed by atoms with van der Waals surface area (Å²) in [6.45, 7) is 3.29. The summed E-state index contributed by atoms with van der Waals surface area (Å²) in [6, 6.07) is 10.3. The van der Waals surface area contributed by atoms with Crippen molar-refractivity contribution in [3.8, 4) is 0 Å². The smallest absolute Gasteiger partial charge is 0.243 e. The van der Waals surface area contributed by atoms with Crippen molar-refractivity contribution >= 4 is 39.1 Å². The number of carbonyl (C=O) groups excluding carboxylic acids is 1. The minimum absolute atomic E-state index is 0.0744. The van der Waals surface area contributed by atoms with Crippen molar-refractivity contribution in [2.75, 3.05) is 13.1 Å². The molecule has 0 aliphatic carbocycles. The fraction of sp³-hybridized carbons (Fsp3) is 0.409. The van der Waals surface area contributed by atoms with Crippen LogP contribution < -0.4 is 0 Å². The molecule has 1 amide bonds. The quantitative estimate of drug-likeness (QED) is 0.648. The summed E-state index contributed by atoms with van der Waals surface area (Å²) in [5.41, 5.74) is 2.19. The second kappa shape index (κ2) is 8.50. The number of piperidine rings is 1. The van der Waals surface area contributed by atoms with Crippen molar-refractivity contribution in [1.29, 1.82) is 0 Å². The van der Waals surface area contributed by atoms with Crippen LogP contribution in [0, 0.1) is 0 Å². The van der Waals surface area contributed by atoms with Gasteiger partial charge in [0.1, 0.15) is 0 Å². The van der Waals surface area contributed by atoms with Gasteiger partial charge < -0.3 is 4.90 Å². The van der Waals surface area contributed by atoms with Gasteiger partial charge in [0, 0.05) is 29.7 Å². The Kier molecular flexibility index (Phi) is 6.13. The highest BCUT2D eigenvalue weighted by Crippen LogP contribution is 2.39. The van der Waals surface area contributed by atoms with Gasteiger partial charge in [0.15, 0.2) is 0 Å². The van der Waals surface area contributed by atoms with Gasteiger partial charge in [-0.1, -0.05) is 47.8 Å². The molecule has 0 N–H and O–H groups in total. The van der Waals surface area contributed by atoms with E-state index < -0.39 is 10.0 Å². The summed E-state index contributed by atoms with van der Waals surface area (Å²) in [5, 5.41) is 0.905. The van der Waals surface area contributed by atoms with Gasteiger partial charge in [-0.05, 0) is 54.7 Å². The van der Waals surface area contributed by atoms with Gasteiger partial charge in [0.25, 0.3) is 0 Å². The molecule has 2 aliphatic heterocycles. The van der Waals surface area contributed by atoms with Gasteiger partial charge in [0.05, 0.1) is 17.4 Å². The van der Waals surface area contributed by atoms with Crippen molar-refractivity contribution < 1.29 is 13.2 Å². The molecule has 1 saturated heterocycles. The lowest BCUT2D eigenvalue weighted by molar-refractivity contribution is -0.132. The molecule has 0 saturated carbocycles. The Morgan fingerprint density at radius 3 is 2.33 bits per heavy atom. The highest BCUT2D eigenvalue weighted by atomic mass is 35.5. The Labute approximate surface area is 187 Å². The van der Waals surface area contributed by atoms with Crippen LogP contribution in [0.1, 0.15) is 48.9 Å². The number of hydrogen-bond donors (Lipinski definition) is 0. The molecule has 0 radical (unpaired) electrons. The van der Waals surface area contributed by atoms with Crippen LogP contribution in [0.3, 0.4) is 0 Å². The molecular weight excluding hydrogens is 443 g/mol. The van der Waals surface area contributed by atoms with Crippen LogP contribution in [0.15, 0.2) is 41.3 Å².